The van der Waals surface area contributed by atoms with Gasteiger partial charge in [0.25, 0.3) is 0 Å². The molecule has 3 nitrogen and oxygen atoms in total. The minimum absolute atomic E-state index is 0.0437. The lowest BCUT2D eigenvalue weighted by Crippen LogP contribution is -2.21. The Hall–Kier alpha value is -0.970. The van der Waals surface area contributed by atoms with Crippen LogP contribution in [0.15, 0.2) is 39.2 Å². The first kappa shape index (κ1) is 14.4. The van der Waals surface area contributed by atoms with Gasteiger partial charge in [0.05, 0.1) is 13.2 Å². The lowest BCUT2D eigenvalue weighted by molar-refractivity contribution is 0.413. The lowest BCUT2D eigenvalue weighted by Gasteiger charge is -2.18. The van der Waals surface area contributed by atoms with E-state index in [2.05, 4.69) is 28.2 Å². The van der Waals surface area contributed by atoms with E-state index >= 15 is 0 Å². The van der Waals surface area contributed by atoms with Gasteiger partial charge in [0.2, 0.25) is 0 Å². The van der Waals surface area contributed by atoms with Gasteiger partial charge in [-0.3, -0.25) is 0 Å². The molecule has 0 saturated carbocycles. The first-order chi connectivity index (χ1) is 9.15. The van der Waals surface area contributed by atoms with Crippen molar-refractivity contribution < 1.29 is 9.15 Å². The number of rotatable bonds is 5. The number of methoxy groups -OCH3 is 1. The molecule has 5 heteroatoms. The molecule has 0 aliphatic carbocycles. The van der Waals surface area contributed by atoms with Gasteiger partial charge in [-0.2, -0.15) is 0 Å². The molecule has 1 heterocycles. The van der Waals surface area contributed by atoms with Crippen molar-refractivity contribution in [3.05, 3.63) is 51.3 Å². The van der Waals surface area contributed by atoms with Gasteiger partial charge >= 0.3 is 0 Å². The second-order valence-corrected chi connectivity index (χ2v) is 5.25. The SMILES string of the molecule is CCNC(c1ccc(Cl)o1)c1ccc(OC)cc1Br. The summed E-state index contributed by atoms with van der Waals surface area (Å²) in [6, 6.07) is 9.45. The maximum Gasteiger partial charge on any atom is 0.193 e. The average Bonchev–Trinajstić information content (AvgIpc) is 2.83. The van der Waals surface area contributed by atoms with E-state index in [0.29, 0.717) is 5.22 Å². The fraction of sp³-hybridized carbons (Fsp3) is 0.286. The van der Waals surface area contributed by atoms with Crippen LogP contribution >= 0.6 is 27.5 Å². The molecule has 1 N–H and O–H groups in total. The molecule has 0 fully saturated rings. The van der Waals surface area contributed by atoms with E-state index in [1.165, 1.54) is 0 Å². The zero-order chi connectivity index (χ0) is 13.8. The molecule has 1 unspecified atom stereocenters. The molecule has 19 heavy (non-hydrogen) atoms. The lowest BCUT2D eigenvalue weighted by atomic mass is 10.0. The monoisotopic (exact) mass is 343 g/mol. The third-order valence-corrected chi connectivity index (χ3v) is 3.70. The van der Waals surface area contributed by atoms with Gasteiger partial charge in [0.1, 0.15) is 11.5 Å². The molecular weight excluding hydrogens is 330 g/mol. The fourth-order valence-electron chi connectivity index (χ4n) is 1.92. The highest BCUT2D eigenvalue weighted by atomic mass is 79.9. The predicted molar refractivity (Wildman–Crippen MR) is 79.9 cm³/mol. The molecule has 1 aromatic heterocycles. The second kappa shape index (κ2) is 6.46. The molecule has 1 atom stereocenters. The molecule has 0 bridgehead atoms. The standard InChI is InChI=1S/C14H15BrClNO2/c1-3-17-14(12-6-7-13(16)19-12)10-5-4-9(18-2)8-11(10)15/h4-8,14,17H,3H2,1-2H3. The quantitative estimate of drug-likeness (QED) is 0.873. The summed E-state index contributed by atoms with van der Waals surface area (Å²) in [5.74, 6) is 1.60. The summed E-state index contributed by atoms with van der Waals surface area (Å²) < 4.78 is 11.7. The summed E-state index contributed by atoms with van der Waals surface area (Å²) in [5.41, 5.74) is 1.08. The van der Waals surface area contributed by atoms with Gasteiger partial charge in [-0.1, -0.05) is 28.9 Å². The topological polar surface area (TPSA) is 34.4 Å². The highest BCUT2D eigenvalue weighted by Gasteiger charge is 2.19. The second-order valence-electron chi connectivity index (χ2n) is 4.02. The molecular formula is C14H15BrClNO2. The molecule has 0 aliphatic rings. The molecule has 0 saturated heterocycles. The molecule has 1 aromatic carbocycles. The fourth-order valence-corrected chi connectivity index (χ4v) is 2.66. The zero-order valence-corrected chi connectivity index (χ0v) is 13.1. The van der Waals surface area contributed by atoms with E-state index in [9.17, 15) is 0 Å². The molecule has 0 amide bonds. The van der Waals surface area contributed by atoms with Crippen LogP contribution in [0.3, 0.4) is 0 Å². The normalized spacial score (nSPS) is 12.4. The van der Waals surface area contributed by atoms with E-state index in [4.69, 9.17) is 20.8 Å². The molecule has 0 spiro atoms. The Morgan fingerprint density at radius 2 is 2.16 bits per heavy atom. The van der Waals surface area contributed by atoms with Crippen molar-refractivity contribution in [3.63, 3.8) is 0 Å². The molecule has 102 valence electrons. The Balaban J connectivity index is 2.39. The van der Waals surface area contributed by atoms with Gasteiger partial charge in [-0.15, -0.1) is 0 Å². The van der Waals surface area contributed by atoms with Crippen LogP contribution in [-0.4, -0.2) is 13.7 Å². The van der Waals surface area contributed by atoms with Crippen molar-refractivity contribution >= 4 is 27.5 Å². The van der Waals surface area contributed by atoms with E-state index in [1.807, 2.05) is 24.3 Å². The van der Waals surface area contributed by atoms with Crippen LogP contribution < -0.4 is 10.1 Å². The Labute approximate surface area is 126 Å². The van der Waals surface area contributed by atoms with Crippen molar-refractivity contribution in [3.8, 4) is 5.75 Å². The maximum atomic E-state index is 5.85. The average molecular weight is 345 g/mol. The predicted octanol–water partition coefficient (Wildman–Crippen LogP) is 4.40. The van der Waals surface area contributed by atoms with Gasteiger partial charge in [-0.25, -0.2) is 0 Å². The van der Waals surface area contributed by atoms with Crippen LogP contribution in [-0.2, 0) is 0 Å². The summed E-state index contributed by atoms with van der Waals surface area (Å²) in [5, 5.41) is 3.77. The summed E-state index contributed by atoms with van der Waals surface area (Å²) in [7, 11) is 1.65. The van der Waals surface area contributed by atoms with Crippen molar-refractivity contribution in [1.82, 2.24) is 5.32 Å². The van der Waals surface area contributed by atoms with Gasteiger partial charge in [0.15, 0.2) is 5.22 Å². The molecule has 0 aliphatic heterocycles. The minimum atomic E-state index is -0.0437. The van der Waals surface area contributed by atoms with E-state index in [-0.39, 0.29) is 6.04 Å². The smallest absolute Gasteiger partial charge is 0.193 e. The Kier molecular flexibility index (Phi) is 4.91. The summed E-state index contributed by atoms with van der Waals surface area (Å²) in [6.07, 6.45) is 0. The van der Waals surface area contributed by atoms with E-state index in [1.54, 1.807) is 13.2 Å². The Morgan fingerprint density at radius 1 is 1.37 bits per heavy atom. The van der Waals surface area contributed by atoms with Crippen LogP contribution in [0.4, 0.5) is 0 Å². The van der Waals surface area contributed by atoms with Gasteiger partial charge in [0, 0.05) is 4.47 Å². The third kappa shape index (κ3) is 3.32. The molecule has 0 radical (unpaired) electrons. The molecule has 2 aromatic rings. The van der Waals surface area contributed by atoms with Crippen molar-refractivity contribution in [2.45, 2.75) is 13.0 Å². The maximum absolute atomic E-state index is 5.85. The van der Waals surface area contributed by atoms with Crippen LogP contribution in [0.2, 0.25) is 5.22 Å². The largest absolute Gasteiger partial charge is 0.497 e. The minimum Gasteiger partial charge on any atom is -0.497 e. The van der Waals surface area contributed by atoms with Crippen LogP contribution in [0.25, 0.3) is 0 Å². The number of halogens is 2. The van der Waals surface area contributed by atoms with E-state index in [0.717, 1.165) is 28.1 Å². The highest BCUT2D eigenvalue weighted by molar-refractivity contribution is 9.10. The third-order valence-electron chi connectivity index (χ3n) is 2.81. The van der Waals surface area contributed by atoms with Gasteiger partial charge < -0.3 is 14.5 Å². The van der Waals surface area contributed by atoms with Crippen molar-refractivity contribution in [2.75, 3.05) is 13.7 Å². The number of nitrogens with one attached hydrogen (secondary N) is 1. The Morgan fingerprint density at radius 3 is 2.68 bits per heavy atom. The van der Waals surface area contributed by atoms with Crippen LogP contribution in [0, 0.1) is 0 Å². The number of furan rings is 1. The molecule has 2 rings (SSSR count). The number of benzene rings is 1. The summed E-state index contributed by atoms with van der Waals surface area (Å²) >= 11 is 9.42. The van der Waals surface area contributed by atoms with E-state index < -0.39 is 0 Å². The summed E-state index contributed by atoms with van der Waals surface area (Å²) in [4.78, 5) is 0. The highest BCUT2D eigenvalue weighted by Crippen LogP contribution is 2.32. The number of hydrogen-bond acceptors (Lipinski definition) is 3. The summed E-state index contributed by atoms with van der Waals surface area (Å²) in [6.45, 7) is 2.87. The van der Waals surface area contributed by atoms with Crippen LogP contribution in [0.5, 0.6) is 5.75 Å². The number of ether oxygens (including phenoxy) is 1. The van der Waals surface area contributed by atoms with Gasteiger partial charge in [-0.05, 0) is 48.0 Å². The van der Waals surface area contributed by atoms with Crippen molar-refractivity contribution in [2.24, 2.45) is 0 Å². The van der Waals surface area contributed by atoms with Crippen molar-refractivity contribution in [1.29, 1.82) is 0 Å². The number of hydrogen-bond donors (Lipinski definition) is 1. The first-order valence-corrected chi connectivity index (χ1v) is 7.14. The van der Waals surface area contributed by atoms with Crippen LogP contribution in [0.1, 0.15) is 24.3 Å². The Bertz CT molecular complexity index is 556. The zero-order valence-electron chi connectivity index (χ0n) is 10.7. The first-order valence-electron chi connectivity index (χ1n) is 5.97.